The van der Waals surface area contributed by atoms with Crippen LogP contribution in [0.4, 0.5) is 0 Å². The normalized spacial score (nSPS) is 15.6. The quantitative estimate of drug-likeness (QED) is 0.902. The van der Waals surface area contributed by atoms with Crippen molar-refractivity contribution in [3.05, 3.63) is 36.0 Å². The summed E-state index contributed by atoms with van der Waals surface area (Å²) in [6, 6.07) is 10.2. The van der Waals surface area contributed by atoms with Gasteiger partial charge in [0, 0.05) is 17.5 Å². The number of nitrogens with zero attached hydrogens (tertiary/aromatic N) is 1. The molecular weight excluding hydrogens is 248 g/mol. The number of nitrogens with one attached hydrogen (secondary N) is 1. The molecule has 1 fully saturated rings. The summed E-state index contributed by atoms with van der Waals surface area (Å²) in [5, 5.41) is 4.76. The van der Waals surface area contributed by atoms with E-state index in [1.54, 1.807) is 7.11 Å². The Bertz CT molecular complexity index is 617. The maximum Gasteiger partial charge on any atom is 0.145 e. The molecule has 0 atom stereocenters. The molecule has 0 bridgehead atoms. The lowest BCUT2D eigenvalue weighted by Crippen LogP contribution is -2.40. The minimum absolute atomic E-state index is 0.206. The van der Waals surface area contributed by atoms with Gasteiger partial charge >= 0.3 is 0 Å². The maximum atomic E-state index is 5.39. The highest BCUT2D eigenvalue weighted by atomic mass is 16.5. The van der Waals surface area contributed by atoms with E-state index in [2.05, 4.69) is 37.4 Å². The fourth-order valence-electron chi connectivity index (χ4n) is 2.69. The fraction of sp³-hybridized carbons (Fsp3) is 0.471. The monoisotopic (exact) mass is 270 g/mol. The molecule has 0 aliphatic heterocycles. The predicted molar refractivity (Wildman–Crippen MR) is 81.9 cm³/mol. The molecule has 1 aliphatic carbocycles. The summed E-state index contributed by atoms with van der Waals surface area (Å²) in [5.74, 6) is 1.66. The van der Waals surface area contributed by atoms with E-state index in [9.17, 15) is 0 Å². The summed E-state index contributed by atoms with van der Waals surface area (Å²) < 4.78 is 5.39. The van der Waals surface area contributed by atoms with Crippen molar-refractivity contribution < 1.29 is 4.74 Å². The molecule has 3 nitrogen and oxygen atoms in total. The zero-order chi connectivity index (χ0) is 14.2. The highest BCUT2D eigenvalue weighted by Crippen LogP contribution is 2.39. The minimum atomic E-state index is 0.206. The first-order valence-electron chi connectivity index (χ1n) is 7.28. The summed E-state index contributed by atoms with van der Waals surface area (Å²) >= 11 is 0. The number of benzene rings is 1. The Hall–Kier alpha value is -1.61. The second kappa shape index (κ2) is 5.06. The Morgan fingerprint density at radius 1 is 1.25 bits per heavy atom. The van der Waals surface area contributed by atoms with Gasteiger partial charge in [-0.15, -0.1) is 0 Å². The van der Waals surface area contributed by atoms with Gasteiger partial charge in [0.15, 0.2) is 0 Å². The van der Waals surface area contributed by atoms with Crippen molar-refractivity contribution in [2.45, 2.75) is 38.8 Å². The van der Waals surface area contributed by atoms with Crippen LogP contribution in [-0.4, -0.2) is 17.6 Å². The van der Waals surface area contributed by atoms with Crippen molar-refractivity contribution in [1.29, 1.82) is 0 Å². The Kier molecular flexibility index (Phi) is 3.38. The molecule has 0 radical (unpaired) electrons. The van der Waals surface area contributed by atoms with E-state index < -0.39 is 0 Å². The van der Waals surface area contributed by atoms with Crippen molar-refractivity contribution in [3.63, 3.8) is 0 Å². The van der Waals surface area contributed by atoms with Crippen molar-refractivity contribution in [1.82, 2.24) is 10.3 Å². The SMILES string of the molecule is COc1cccc2ccc(CNC(C)(C)C3CC3)nc12. The van der Waals surface area contributed by atoms with E-state index >= 15 is 0 Å². The molecule has 0 saturated heterocycles. The number of para-hydroxylation sites is 1. The molecule has 3 heteroatoms. The van der Waals surface area contributed by atoms with Gasteiger partial charge in [0.25, 0.3) is 0 Å². The van der Waals surface area contributed by atoms with Crippen LogP contribution in [0.3, 0.4) is 0 Å². The summed E-state index contributed by atoms with van der Waals surface area (Å²) in [5.41, 5.74) is 2.21. The Morgan fingerprint density at radius 2 is 2.05 bits per heavy atom. The Balaban J connectivity index is 1.81. The molecule has 20 heavy (non-hydrogen) atoms. The Labute approximate surface area is 120 Å². The van der Waals surface area contributed by atoms with Crippen LogP contribution in [0.1, 0.15) is 32.4 Å². The highest BCUT2D eigenvalue weighted by molar-refractivity contribution is 5.84. The van der Waals surface area contributed by atoms with Crippen LogP contribution in [0.15, 0.2) is 30.3 Å². The zero-order valence-corrected chi connectivity index (χ0v) is 12.4. The number of pyridine rings is 1. The molecule has 1 N–H and O–H groups in total. The van der Waals surface area contributed by atoms with Crippen LogP contribution in [0, 0.1) is 5.92 Å². The van der Waals surface area contributed by atoms with Crippen LogP contribution < -0.4 is 10.1 Å². The summed E-state index contributed by atoms with van der Waals surface area (Å²) in [7, 11) is 1.69. The largest absolute Gasteiger partial charge is 0.494 e. The van der Waals surface area contributed by atoms with Gasteiger partial charge in [0.2, 0.25) is 0 Å². The molecule has 0 unspecified atom stereocenters. The molecule has 1 aromatic carbocycles. The average molecular weight is 270 g/mol. The third kappa shape index (κ3) is 2.63. The molecular formula is C17H22N2O. The van der Waals surface area contributed by atoms with Crippen LogP contribution >= 0.6 is 0 Å². The second-order valence-corrected chi connectivity index (χ2v) is 6.18. The van der Waals surface area contributed by atoms with Gasteiger partial charge in [-0.2, -0.15) is 0 Å². The van der Waals surface area contributed by atoms with E-state index in [0.29, 0.717) is 0 Å². The topological polar surface area (TPSA) is 34.1 Å². The minimum Gasteiger partial charge on any atom is -0.494 e. The lowest BCUT2D eigenvalue weighted by molar-refractivity contribution is 0.338. The molecule has 106 valence electrons. The zero-order valence-electron chi connectivity index (χ0n) is 12.4. The number of methoxy groups -OCH3 is 1. The van der Waals surface area contributed by atoms with Gasteiger partial charge in [-0.25, -0.2) is 4.98 Å². The number of ether oxygens (including phenoxy) is 1. The predicted octanol–water partition coefficient (Wildman–Crippen LogP) is 3.52. The van der Waals surface area contributed by atoms with Gasteiger partial charge in [-0.1, -0.05) is 18.2 Å². The van der Waals surface area contributed by atoms with Gasteiger partial charge in [-0.3, -0.25) is 0 Å². The van der Waals surface area contributed by atoms with Crippen LogP contribution in [0.5, 0.6) is 5.75 Å². The maximum absolute atomic E-state index is 5.39. The average Bonchev–Trinajstić information content (AvgIpc) is 3.29. The number of hydrogen-bond acceptors (Lipinski definition) is 3. The first-order chi connectivity index (χ1) is 9.60. The van der Waals surface area contributed by atoms with Crippen molar-refractivity contribution in [2.24, 2.45) is 5.92 Å². The fourth-order valence-corrected chi connectivity index (χ4v) is 2.69. The van der Waals surface area contributed by atoms with Crippen LogP contribution in [0.25, 0.3) is 10.9 Å². The molecule has 1 saturated carbocycles. The summed E-state index contributed by atoms with van der Waals surface area (Å²) in [6.07, 6.45) is 2.69. The smallest absolute Gasteiger partial charge is 0.145 e. The van der Waals surface area contributed by atoms with Gasteiger partial charge in [-0.05, 0) is 44.7 Å². The van der Waals surface area contributed by atoms with Crippen molar-refractivity contribution in [2.75, 3.05) is 7.11 Å². The first-order valence-corrected chi connectivity index (χ1v) is 7.28. The highest BCUT2D eigenvalue weighted by Gasteiger charge is 2.37. The van der Waals surface area contributed by atoms with Gasteiger partial charge in [0.1, 0.15) is 11.3 Å². The molecule has 0 spiro atoms. The number of fused-ring (bicyclic) bond motifs is 1. The van der Waals surface area contributed by atoms with Crippen LogP contribution in [-0.2, 0) is 6.54 Å². The summed E-state index contributed by atoms with van der Waals surface area (Å²) in [4.78, 5) is 4.74. The van der Waals surface area contributed by atoms with E-state index in [0.717, 1.165) is 34.8 Å². The van der Waals surface area contributed by atoms with E-state index in [4.69, 9.17) is 9.72 Å². The number of hydrogen-bond donors (Lipinski definition) is 1. The Morgan fingerprint density at radius 3 is 2.75 bits per heavy atom. The molecule has 0 amide bonds. The molecule has 1 aliphatic rings. The van der Waals surface area contributed by atoms with E-state index in [1.807, 2.05) is 12.1 Å². The lowest BCUT2D eigenvalue weighted by atomic mass is 9.99. The standard InChI is InChI=1S/C17H22N2O/c1-17(2,13-8-9-13)18-11-14-10-7-12-5-4-6-15(20-3)16(12)19-14/h4-7,10,13,18H,8-9,11H2,1-3H3. The first kappa shape index (κ1) is 13.4. The van der Waals surface area contributed by atoms with Crippen molar-refractivity contribution >= 4 is 10.9 Å². The van der Waals surface area contributed by atoms with Crippen molar-refractivity contribution in [3.8, 4) is 5.75 Å². The summed E-state index contributed by atoms with van der Waals surface area (Å²) in [6.45, 7) is 5.37. The third-order valence-corrected chi connectivity index (χ3v) is 4.28. The van der Waals surface area contributed by atoms with Gasteiger partial charge in [0.05, 0.1) is 12.8 Å². The number of aromatic nitrogens is 1. The molecule has 1 aromatic heterocycles. The van der Waals surface area contributed by atoms with E-state index in [1.165, 1.54) is 12.8 Å². The second-order valence-electron chi connectivity index (χ2n) is 6.18. The number of rotatable bonds is 5. The molecule has 2 aromatic rings. The molecule has 3 rings (SSSR count). The van der Waals surface area contributed by atoms with Gasteiger partial charge < -0.3 is 10.1 Å². The molecule has 1 heterocycles. The van der Waals surface area contributed by atoms with Crippen LogP contribution in [0.2, 0.25) is 0 Å². The lowest BCUT2D eigenvalue weighted by Gasteiger charge is -2.26. The third-order valence-electron chi connectivity index (χ3n) is 4.28. The van der Waals surface area contributed by atoms with E-state index in [-0.39, 0.29) is 5.54 Å².